The summed E-state index contributed by atoms with van der Waals surface area (Å²) in [6, 6.07) is 10.1. The summed E-state index contributed by atoms with van der Waals surface area (Å²) in [5, 5.41) is 16.3. The van der Waals surface area contributed by atoms with E-state index in [0.29, 0.717) is 23.9 Å². The van der Waals surface area contributed by atoms with Crippen molar-refractivity contribution in [3.05, 3.63) is 57.6 Å². The molecule has 2 aromatic heterocycles. The zero-order chi connectivity index (χ0) is 16.5. The number of ether oxygens (including phenoxy) is 1. The smallest absolute Gasteiger partial charge is 0.372 e. The van der Waals surface area contributed by atoms with Crippen LogP contribution in [0.2, 0.25) is 0 Å². The Morgan fingerprint density at radius 2 is 2.25 bits per heavy atom. The van der Waals surface area contributed by atoms with Crippen LogP contribution in [0, 0.1) is 16.0 Å². The lowest BCUT2D eigenvalue weighted by molar-refractivity contribution is -0.389. The van der Waals surface area contributed by atoms with Crippen LogP contribution >= 0.6 is 11.3 Å². The molecule has 2 unspecified atom stereocenters. The lowest BCUT2D eigenvalue weighted by atomic mass is 9.95. The van der Waals surface area contributed by atoms with Crippen molar-refractivity contribution in [2.24, 2.45) is 5.92 Å². The zero-order valence-electron chi connectivity index (χ0n) is 12.8. The van der Waals surface area contributed by atoms with E-state index in [0.717, 1.165) is 12.0 Å². The van der Waals surface area contributed by atoms with Gasteiger partial charge in [0.05, 0.1) is 6.10 Å². The molecule has 1 aliphatic rings. The maximum atomic E-state index is 11.4. The molecule has 8 heteroatoms. The number of nitro groups is 1. The second kappa shape index (κ2) is 6.21. The zero-order valence-corrected chi connectivity index (χ0v) is 13.6. The normalized spacial score (nSPS) is 20.5. The number of hydrogen-bond donors (Lipinski definition) is 1. The minimum Gasteiger partial charge on any atom is -0.373 e. The van der Waals surface area contributed by atoms with Gasteiger partial charge in [0.2, 0.25) is 5.82 Å². The van der Waals surface area contributed by atoms with E-state index < -0.39 is 4.92 Å². The predicted molar refractivity (Wildman–Crippen MR) is 91.5 cm³/mol. The maximum absolute atomic E-state index is 11.4. The second-order valence-electron chi connectivity index (χ2n) is 5.73. The van der Waals surface area contributed by atoms with Crippen LogP contribution < -0.4 is 5.32 Å². The second-order valence-corrected chi connectivity index (χ2v) is 6.60. The minimum absolute atomic E-state index is 0.0126. The van der Waals surface area contributed by atoms with Crippen molar-refractivity contribution in [2.45, 2.75) is 12.5 Å². The molecule has 0 aliphatic carbocycles. The summed E-state index contributed by atoms with van der Waals surface area (Å²) in [5.74, 6) is 0.568. The average Bonchev–Trinajstić information content (AvgIpc) is 3.28. The number of benzene rings is 1. The van der Waals surface area contributed by atoms with E-state index in [-0.39, 0.29) is 17.8 Å². The van der Waals surface area contributed by atoms with Crippen LogP contribution in [0.1, 0.15) is 18.1 Å². The Bertz CT molecular complexity index is 861. The number of fused-ring (bicyclic) bond motifs is 1. The Balaban J connectivity index is 1.53. The first-order chi connectivity index (χ1) is 11.7. The van der Waals surface area contributed by atoms with Crippen molar-refractivity contribution in [3.63, 3.8) is 0 Å². The SMILES string of the molecule is O=[N+]([O-])c1c(NCC2CCOC2c2ccccc2)nc2sccn12. The third kappa shape index (κ3) is 2.63. The molecule has 0 radical (unpaired) electrons. The quantitative estimate of drug-likeness (QED) is 0.566. The molecule has 0 spiro atoms. The van der Waals surface area contributed by atoms with Crippen molar-refractivity contribution < 1.29 is 9.66 Å². The van der Waals surface area contributed by atoms with E-state index in [1.54, 1.807) is 11.6 Å². The van der Waals surface area contributed by atoms with E-state index in [1.807, 2.05) is 18.2 Å². The molecule has 24 heavy (non-hydrogen) atoms. The van der Waals surface area contributed by atoms with Crippen molar-refractivity contribution in [2.75, 3.05) is 18.5 Å². The first-order valence-electron chi connectivity index (χ1n) is 7.74. The minimum atomic E-state index is -0.394. The summed E-state index contributed by atoms with van der Waals surface area (Å²) in [5.41, 5.74) is 1.14. The van der Waals surface area contributed by atoms with Crippen LogP contribution in [0.5, 0.6) is 0 Å². The van der Waals surface area contributed by atoms with Crippen molar-refractivity contribution in [1.29, 1.82) is 0 Å². The van der Waals surface area contributed by atoms with E-state index in [9.17, 15) is 10.1 Å². The Labute approximate surface area is 142 Å². The Kier molecular flexibility index (Phi) is 3.91. The van der Waals surface area contributed by atoms with Gasteiger partial charge in [0.15, 0.2) is 0 Å². The lowest BCUT2D eigenvalue weighted by Crippen LogP contribution is -2.18. The highest BCUT2D eigenvalue weighted by molar-refractivity contribution is 7.15. The highest BCUT2D eigenvalue weighted by Crippen LogP contribution is 2.35. The summed E-state index contributed by atoms with van der Waals surface area (Å²) in [6.07, 6.45) is 2.60. The number of aromatic nitrogens is 2. The van der Waals surface area contributed by atoms with E-state index in [1.165, 1.54) is 15.7 Å². The average molecular weight is 344 g/mol. The molecule has 124 valence electrons. The third-order valence-electron chi connectivity index (χ3n) is 4.28. The molecule has 3 aromatic rings. The van der Waals surface area contributed by atoms with Crippen molar-refractivity contribution >= 4 is 27.9 Å². The summed E-state index contributed by atoms with van der Waals surface area (Å²) >= 11 is 1.38. The van der Waals surface area contributed by atoms with Crippen LogP contribution in [0.25, 0.3) is 4.96 Å². The number of thiazole rings is 1. The van der Waals surface area contributed by atoms with Gasteiger partial charge in [0, 0.05) is 24.4 Å². The molecular weight excluding hydrogens is 328 g/mol. The molecule has 1 fully saturated rings. The molecule has 7 nitrogen and oxygen atoms in total. The monoisotopic (exact) mass is 344 g/mol. The molecule has 4 rings (SSSR count). The van der Waals surface area contributed by atoms with Gasteiger partial charge in [0.25, 0.3) is 4.96 Å². The summed E-state index contributed by atoms with van der Waals surface area (Å²) < 4.78 is 7.37. The molecule has 1 N–H and O–H groups in total. The fourth-order valence-electron chi connectivity index (χ4n) is 3.15. The van der Waals surface area contributed by atoms with Gasteiger partial charge in [-0.3, -0.25) is 0 Å². The summed E-state index contributed by atoms with van der Waals surface area (Å²) in [6.45, 7) is 1.29. The Hall–Kier alpha value is -2.45. The number of nitrogens with one attached hydrogen (secondary N) is 1. The topological polar surface area (TPSA) is 81.7 Å². The van der Waals surface area contributed by atoms with Crippen LogP contribution in [0.4, 0.5) is 11.6 Å². The van der Waals surface area contributed by atoms with Crippen molar-refractivity contribution in [1.82, 2.24) is 9.38 Å². The predicted octanol–water partition coefficient (Wildman–Crippen LogP) is 3.49. The lowest BCUT2D eigenvalue weighted by Gasteiger charge is -2.19. The molecule has 1 aliphatic heterocycles. The highest BCUT2D eigenvalue weighted by atomic mass is 32.1. The Morgan fingerprint density at radius 3 is 3.04 bits per heavy atom. The molecule has 1 saturated heterocycles. The number of nitrogens with zero attached hydrogens (tertiary/aromatic N) is 3. The molecule has 0 saturated carbocycles. The fourth-order valence-corrected chi connectivity index (χ4v) is 3.86. The molecule has 1 aromatic carbocycles. The first-order valence-corrected chi connectivity index (χ1v) is 8.62. The molecule has 2 atom stereocenters. The molecule has 3 heterocycles. The van der Waals surface area contributed by atoms with Gasteiger partial charge in [0.1, 0.15) is 6.20 Å². The van der Waals surface area contributed by atoms with Crippen LogP contribution in [-0.4, -0.2) is 27.5 Å². The number of hydrogen-bond acceptors (Lipinski definition) is 6. The van der Waals surface area contributed by atoms with Gasteiger partial charge in [-0.15, -0.1) is 0 Å². The Morgan fingerprint density at radius 1 is 1.42 bits per heavy atom. The number of anilines is 1. The van der Waals surface area contributed by atoms with Crippen molar-refractivity contribution in [3.8, 4) is 0 Å². The fraction of sp³-hybridized carbons (Fsp3) is 0.312. The maximum Gasteiger partial charge on any atom is 0.372 e. The standard InChI is InChI=1S/C16H16N4O3S/c21-20(22)15-14(18-16-19(15)7-9-24-16)17-10-12-6-8-23-13(12)11-4-2-1-3-5-11/h1-5,7,9,12-13,17H,6,8,10H2. The van der Waals surface area contributed by atoms with Gasteiger partial charge in [-0.1, -0.05) is 41.7 Å². The molecular formula is C16H16N4O3S. The van der Waals surface area contributed by atoms with E-state index in [2.05, 4.69) is 22.4 Å². The third-order valence-corrected chi connectivity index (χ3v) is 5.04. The molecule has 0 bridgehead atoms. The first kappa shape index (κ1) is 15.1. The largest absolute Gasteiger partial charge is 0.373 e. The summed E-state index contributed by atoms with van der Waals surface area (Å²) in [7, 11) is 0. The van der Waals surface area contributed by atoms with Crippen LogP contribution in [0.15, 0.2) is 41.9 Å². The van der Waals surface area contributed by atoms with E-state index in [4.69, 9.17) is 4.74 Å². The highest BCUT2D eigenvalue weighted by Gasteiger charge is 2.31. The number of imidazole rings is 1. The van der Waals surface area contributed by atoms with Gasteiger partial charge >= 0.3 is 5.82 Å². The van der Waals surface area contributed by atoms with Crippen LogP contribution in [-0.2, 0) is 4.74 Å². The number of rotatable bonds is 5. The van der Waals surface area contributed by atoms with Gasteiger partial charge in [-0.25, -0.2) is 0 Å². The van der Waals surface area contributed by atoms with E-state index >= 15 is 0 Å². The van der Waals surface area contributed by atoms with Gasteiger partial charge in [-0.05, 0) is 16.9 Å². The van der Waals surface area contributed by atoms with Gasteiger partial charge < -0.3 is 20.2 Å². The van der Waals surface area contributed by atoms with Gasteiger partial charge in [-0.2, -0.15) is 9.38 Å². The molecule has 0 amide bonds. The van der Waals surface area contributed by atoms with Crippen LogP contribution in [0.3, 0.4) is 0 Å². The summed E-state index contributed by atoms with van der Waals surface area (Å²) in [4.78, 5) is 15.9.